The van der Waals surface area contributed by atoms with Crippen molar-refractivity contribution >= 4 is 0 Å². The van der Waals surface area contributed by atoms with Crippen LogP contribution in [0.15, 0.2) is 24.3 Å². The lowest BCUT2D eigenvalue weighted by atomic mass is 10.1. The minimum Gasteiger partial charge on any atom is -0.237 e. The molecule has 2 heteroatoms. The van der Waals surface area contributed by atoms with Crippen molar-refractivity contribution in [2.75, 3.05) is 13.2 Å². The molecule has 0 aliphatic carbocycles. The number of benzene rings is 1. The van der Waals surface area contributed by atoms with Gasteiger partial charge in [-0.1, -0.05) is 31.2 Å². The highest BCUT2D eigenvalue weighted by Crippen LogP contribution is 2.06. The molecule has 0 aliphatic heterocycles. The third-order valence-corrected chi connectivity index (χ3v) is 2.07. The lowest BCUT2D eigenvalue weighted by Gasteiger charge is -2.03. The average molecular weight is 194 g/mol. The van der Waals surface area contributed by atoms with Crippen LogP contribution in [0, 0.1) is 0 Å². The van der Waals surface area contributed by atoms with Gasteiger partial charge in [0.05, 0.1) is 13.2 Å². The number of hydrogen-bond donors (Lipinski definition) is 0. The minimum atomic E-state index is 0.606. The van der Waals surface area contributed by atoms with Gasteiger partial charge in [0.2, 0.25) is 0 Å². The van der Waals surface area contributed by atoms with Crippen LogP contribution >= 0.6 is 0 Å². The molecular formula is C12H18O2. The summed E-state index contributed by atoms with van der Waals surface area (Å²) in [5.74, 6) is 0. The molecule has 0 aliphatic rings. The van der Waals surface area contributed by atoms with Crippen LogP contribution in [0.1, 0.15) is 25.0 Å². The van der Waals surface area contributed by atoms with Crippen molar-refractivity contribution in [2.24, 2.45) is 0 Å². The zero-order chi connectivity index (χ0) is 10.2. The van der Waals surface area contributed by atoms with Crippen LogP contribution in [-0.2, 0) is 22.6 Å². The maximum absolute atomic E-state index is 4.96. The molecule has 0 atom stereocenters. The Kier molecular flexibility index (Phi) is 5.27. The topological polar surface area (TPSA) is 18.5 Å². The van der Waals surface area contributed by atoms with Crippen LogP contribution in [0.5, 0.6) is 0 Å². The largest absolute Gasteiger partial charge is 0.237 e. The fraction of sp³-hybridized carbons (Fsp3) is 0.500. The van der Waals surface area contributed by atoms with E-state index < -0.39 is 0 Å². The van der Waals surface area contributed by atoms with Gasteiger partial charge >= 0.3 is 0 Å². The number of rotatable bonds is 6. The first-order valence-corrected chi connectivity index (χ1v) is 5.19. The monoisotopic (exact) mass is 194 g/mol. The van der Waals surface area contributed by atoms with E-state index in [-0.39, 0.29) is 0 Å². The third-order valence-electron chi connectivity index (χ3n) is 2.07. The number of aryl methyl sites for hydroxylation is 1. The van der Waals surface area contributed by atoms with Crippen LogP contribution in [0.4, 0.5) is 0 Å². The summed E-state index contributed by atoms with van der Waals surface area (Å²) in [6.07, 6.45) is 1.99. The molecular weight excluding hydrogens is 176 g/mol. The molecule has 78 valence electrons. The summed E-state index contributed by atoms with van der Waals surface area (Å²) in [5.41, 5.74) is 2.68. The Labute approximate surface area is 85.8 Å². The summed E-state index contributed by atoms with van der Waals surface area (Å²) in [6.45, 7) is 5.31. The van der Waals surface area contributed by atoms with Crippen molar-refractivity contribution < 1.29 is 9.78 Å². The molecule has 0 spiro atoms. The quantitative estimate of drug-likeness (QED) is 0.394. The summed E-state index contributed by atoms with van der Waals surface area (Å²) in [5, 5.41) is 0. The van der Waals surface area contributed by atoms with Crippen molar-refractivity contribution in [2.45, 2.75) is 26.7 Å². The van der Waals surface area contributed by atoms with E-state index in [1.807, 2.05) is 6.92 Å². The zero-order valence-electron chi connectivity index (χ0n) is 8.95. The van der Waals surface area contributed by atoms with Crippen LogP contribution in [0.3, 0.4) is 0 Å². The van der Waals surface area contributed by atoms with Gasteiger partial charge in [-0.2, -0.15) is 0 Å². The average Bonchev–Trinajstić information content (AvgIpc) is 2.25. The second kappa shape index (κ2) is 6.57. The summed E-state index contributed by atoms with van der Waals surface area (Å²) in [7, 11) is 0. The van der Waals surface area contributed by atoms with E-state index in [9.17, 15) is 0 Å². The molecule has 0 fully saturated rings. The summed E-state index contributed by atoms with van der Waals surface area (Å²) in [6, 6.07) is 8.57. The summed E-state index contributed by atoms with van der Waals surface area (Å²) < 4.78 is 0. The Balaban J connectivity index is 2.34. The molecule has 1 aromatic rings. The fourth-order valence-electron chi connectivity index (χ4n) is 1.31. The predicted molar refractivity (Wildman–Crippen MR) is 57.1 cm³/mol. The Hall–Kier alpha value is -0.860. The molecule has 0 aromatic heterocycles. The maximum atomic E-state index is 4.96. The normalized spacial score (nSPS) is 10.4. The summed E-state index contributed by atoms with van der Waals surface area (Å²) in [4.78, 5) is 9.77. The molecule has 0 unspecified atom stereocenters. The summed E-state index contributed by atoms with van der Waals surface area (Å²) >= 11 is 0. The first-order valence-electron chi connectivity index (χ1n) is 5.19. The first-order chi connectivity index (χ1) is 6.86. The van der Waals surface area contributed by atoms with Crippen LogP contribution < -0.4 is 0 Å². The molecule has 0 heterocycles. The van der Waals surface area contributed by atoms with E-state index in [1.54, 1.807) is 0 Å². The van der Waals surface area contributed by atoms with Gasteiger partial charge in [-0.25, -0.2) is 9.78 Å². The highest BCUT2D eigenvalue weighted by atomic mass is 17.2. The van der Waals surface area contributed by atoms with Gasteiger partial charge in [-0.15, -0.1) is 0 Å². The lowest BCUT2D eigenvalue weighted by Crippen LogP contribution is -2.00. The molecule has 0 amide bonds. The fourth-order valence-corrected chi connectivity index (χ4v) is 1.31. The molecule has 0 radical (unpaired) electrons. The van der Waals surface area contributed by atoms with Crippen molar-refractivity contribution in [1.82, 2.24) is 0 Å². The second-order valence-corrected chi connectivity index (χ2v) is 3.15. The number of hydrogen-bond acceptors (Lipinski definition) is 2. The second-order valence-electron chi connectivity index (χ2n) is 3.15. The van der Waals surface area contributed by atoms with E-state index in [0.717, 1.165) is 12.8 Å². The highest BCUT2D eigenvalue weighted by Gasteiger charge is 1.95. The van der Waals surface area contributed by atoms with E-state index in [1.165, 1.54) is 11.1 Å². The van der Waals surface area contributed by atoms with Crippen molar-refractivity contribution in [1.29, 1.82) is 0 Å². The van der Waals surface area contributed by atoms with Crippen LogP contribution in [0.2, 0.25) is 0 Å². The molecule has 0 saturated heterocycles. The van der Waals surface area contributed by atoms with Crippen LogP contribution in [-0.4, -0.2) is 13.2 Å². The van der Waals surface area contributed by atoms with Gasteiger partial charge in [-0.05, 0) is 30.9 Å². The minimum absolute atomic E-state index is 0.606. The van der Waals surface area contributed by atoms with Crippen molar-refractivity contribution in [3.8, 4) is 0 Å². The Bertz CT molecular complexity index is 258. The first kappa shape index (κ1) is 11.2. The van der Waals surface area contributed by atoms with E-state index in [4.69, 9.17) is 9.78 Å². The molecule has 2 nitrogen and oxygen atoms in total. The van der Waals surface area contributed by atoms with Crippen molar-refractivity contribution in [3.05, 3.63) is 35.4 Å². The van der Waals surface area contributed by atoms with Gasteiger partial charge in [-0.3, -0.25) is 0 Å². The van der Waals surface area contributed by atoms with Gasteiger partial charge in [0, 0.05) is 0 Å². The van der Waals surface area contributed by atoms with Gasteiger partial charge in [0.15, 0.2) is 0 Å². The Morgan fingerprint density at radius 1 is 1.07 bits per heavy atom. The third kappa shape index (κ3) is 3.90. The SMILES string of the molecule is CCOOCCc1cccc(CC)c1. The predicted octanol–water partition coefficient (Wildman–Crippen LogP) is 2.76. The smallest absolute Gasteiger partial charge is 0.0862 e. The zero-order valence-corrected chi connectivity index (χ0v) is 8.95. The molecule has 0 bridgehead atoms. The molecule has 14 heavy (non-hydrogen) atoms. The Morgan fingerprint density at radius 3 is 2.57 bits per heavy atom. The van der Waals surface area contributed by atoms with E-state index in [0.29, 0.717) is 13.2 Å². The van der Waals surface area contributed by atoms with E-state index in [2.05, 4.69) is 31.2 Å². The van der Waals surface area contributed by atoms with Crippen molar-refractivity contribution in [3.63, 3.8) is 0 Å². The standard InChI is InChI=1S/C12H18O2/c1-3-11-6-5-7-12(10-11)8-9-14-13-4-2/h5-7,10H,3-4,8-9H2,1-2H3. The van der Waals surface area contributed by atoms with Gasteiger partial charge in [0.25, 0.3) is 0 Å². The van der Waals surface area contributed by atoms with Gasteiger partial charge < -0.3 is 0 Å². The van der Waals surface area contributed by atoms with E-state index >= 15 is 0 Å². The maximum Gasteiger partial charge on any atom is 0.0862 e. The molecule has 1 aromatic carbocycles. The molecule has 1 rings (SSSR count). The van der Waals surface area contributed by atoms with Crippen LogP contribution in [0.25, 0.3) is 0 Å². The molecule has 0 saturated carbocycles. The molecule has 0 N–H and O–H groups in total. The lowest BCUT2D eigenvalue weighted by molar-refractivity contribution is -0.290. The highest BCUT2D eigenvalue weighted by molar-refractivity contribution is 5.23. The van der Waals surface area contributed by atoms with Gasteiger partial charge in [0.1, 0.15) is 0 Å². The Morgan fingerprint density at radius 2 is 1.86 bits per heavy atom.